The number of nitrogens with zero attached hydrogens (tertiary/aromatic N) is 1. The van der Waals surface area contributed by atoms with Crippen molar-refractivity contribution in [1.29, 1.82) is 0 Å². The maximum Gasteiger partial charge on any atom is 0.336 e. The first kappa shape index (κ1) is 14.3. The van der Waals surface area contributed by atoms with E-state index < -0.39 is 5.97 Å². The number of carbonyl (C=O) groups is 1. The van der Waals surface area contributed by atoms with Crippen molar-refractivity contribution in [3.8, 4) is 22.6 Å². The highest BCUT2D eigenvalue weighted by Crippen LogP contribution is 2.42. The lowest BCUT2D eigenvalue weighted by atomic mass is 10.0. The Morgan fingerprint density at radius 1 is 1.20 bits per heavy atom. The van der Waals surface area contributed by atoms with Crippen LogP contribution >= 0.6 is 15.9 Å². The summed E-state index contributed by atoms with van der Waals surface area (Å²) in [6, 6.07) is 4.93. The lowest BCUT2D eigenvalue weighted by Crippen LogP contribution is -2.01. The molecule has 2 rings (SSSR count). The molecule has 0 spiro atoms. The molecule has 0 unspecified atom stereocenters. The Kier molecular flexibility index (Phi) is 4.24. The van der Waals surface area contributed by atoms with Crippen LogP contribution in [-0.4, -0.2) is 30.3 Å². The number of aromatic nitrogens is 1. The Labute approximate surface area is 124 Å². The van der Waals surface area contributed by atoms with Crippen LogP contribution in [0.1, 0.15) is 10.4 Å². The van der Waals surface area contributed by atoms with Gasteiger partial charge in [-0.25, -0.2) is 4.79 Å². The lowest BCUT2D eigenvalue weighted by molar-refractivity contribution is 0.0697. The molecule has 1 aromatic carbocycles. The van der Waals surface area contributed by atoms with Crippen molar-refractivity contribution in [3.63, 3.8) is 0 Å². The van der Waals surface area contributed by atoms with Crippen molar-refractivity contribution >= 4 is 21.9 Å². The number of carboxylic acids is 1. The van der Waals surface area contributed by atoms with Crippen molar-refractivity contribution < 1.29 is 19.4 Å². The SMILES string of the molecule is COc1ccc(-c2cnccc2C(=O)O)c(OC)c1Br. The highest BCUT2D eigenvalue weighted by atomic mass is 79.9. The molecule has 6 heteroatoms. The third-order valence-corrected chi connectivity index (χ3v) is 3.58. The molecular weight excluding hydrogens is 326 g/mol. The van der Waals surface area contributed by atoms with Crippen molar-refractivity contribution in [3.05, 3.63) is 40.6 Å². The molecule has 0 aliphatic carbocycles. The van der Waals surface area contributed by atoms with E-state index in [0.29, 0.717) is 27.1 Å². The summed E-state index contributed by atoms with van der Waals surface area (Å²) in [4.78, 5) is 15.3. The first-order chi connectivity index (χ1) is 9.60. The van der Waals surface area contributed by atoms with E-state index in [1.165, 1.54) is 25.6 Å². The number of hydrogen-bond donors (Lipinski definition) is 1. The minimum Gasteiger partial charge on any atom is -0.495 e. The van der Waals surface area contributed by atoms with E-state index in [-0.39, 0.29) is 5.56 Å². The molecule has 1 aromatic heterocycles. The number of rotatable bonds is 4. The van der Waals surface area contributed by atoms with Crippen LogP contribution in [0.5, 0.6) is 11.5 Å². The summed E-state index contributed by atoms with van der Waals surface area (Å²) >= 11 is 3.39. The highest BCUT2D eigenvalue weighted by molar-refractivity contribution is 9.10. The van der Waals surface area contributed by atoms with Crippen molar-refractivity contribution in [2.45, 2.75) is 0 Å². The van der Waals surface area contributed by atoms with Gasteiger partial charge in [0.25, 0.3) is 0 Å². The summed E-state index contributed by atoms with van der Waals surface area (Å²) in [5.74, 6) is 0.0857. The molecule has 0 aliphatic heterocycles. The number of halogens is 1. The zero-order valence-corrected chi connectivity index (χ0v) is 12.5. The molecule has 1 N–H and O–H groups in total. The van der Waals surface area contributed by atoms with Gasteiger partial charge in [-0.2, -0.15) is 0 Å². The molecule has 0 radical (unpaired) electrons. The number of benzene rings is 1. The quantitative estimate of drug-likeness (QED) is 0.927. The zero-order valence-electron chi connectivity index (χ0n) is 10.9. The van der Waals surface area contributed by atoms with Crippen LogP contribution in [0.4, 0.5) is 0 Å². The smallest absolute Gasteiger partial charge is 0.336 e. The van der Waals surface area contributed by atoms with E-state index in [1.54, 1.807) is 19.2 Å². The van der Waals surface area contributed by atoms with Crippen LogP contribution in [0.2, 0.25) is 0 Å². The molecular formula is C14H12BrNO4. The standard InChI is InChI=1S/C14H12BrNO4/c1-19-11-4-3-8(13(20-2)12(11)15)10-7-16-6-5-9(10)14(17)18/h3-7H,1-2H3,(H,17,18). The lowest BCUT2D eigenvalue weighted by Gasteiger charge is -2.14. The second-order valence-corrected chi connectivity index (χ2v) is 4.68. The fraction of sp³-hybridized carbons (Fsp3) is 0.143. The second-order valence-electron chi connectivity index (χ2n) is 3.89. The zero-order chi connectivity index (χ0) is 14.7. The third kappa shape index (κ3) is 2.46. The van der Waals surface area contributed by atoms with E-state index in [2.05, 4.69) is 20.9 Å². The summed E-state index contributed by atoms with van der Waals surface area (Å²) in [6.45, 7) is 0. The molecule has 0 atom stereocenters. The van der Waals surface area contributed by atoms with Gasteiger partial charge in [-0.15, -0.1) is 0 Å². The summed E-state index contributed by atoms with van der Waals surface area (Å²) in [5.41, 5.74) is 1.28. The van der Waals surface area contributed by atoms with E-state index in [0.717, 1.165) is 0 Å². The summed E-state index contributed by atoms with van der Waals surface area (Å²) < 4.78 is 11.2. The molecule has 2 aromatic rings. The molecule has 0 aliphatic rings. The second kappa shape index (κ2) is 5.92. The van der Waals surface area contributed by atoms with Gasteiger partial charge < -0.3 is 14.6 Å². The Morgan fingerprint density at radius 2 is 1.95 bits per heavy atom. The largest absolute Gasteiger partial charge is 0.495 e. The van der Waals surface area contributed by atoms with Gasteiger partial charge in [0.05, 0.1) is 19.8 Å². The number of carboxylic acid groups (broad SMARTS) is 1. The van der Waals surface area contributed by atoms with Gasteiger partial charge in [0.2, 0.25) is 0 Å². The third-order valence-electron chi connectivity index (χ3n) is 2.83. The Bertz CT molecular complexity index is 658. The molecule has 104 valence electrons. The van der Waals surface area contributed by atoms with Crippen LogP contribution < -0.4 is 9.47 Å². The fourth-order valence-corrected chi connectivity index (χ4v) is 2.57. The Morgan fingerprint density at radius 3 is 2.55 bits per heavy atom. The molecule has 5 nitrogen and oxygen atoms in total. The fourth-order valence-electron chi connectivity index (χ4n) is 1.90. The van der Waals surface area contributed by atoms with Gasteiger partial charge in [-0.1, -0.05) is 0 Å². The molecule has 20 heavy (non-hydrogen) atoms. The van der Waals surface area contributed by atoms with Gasteiger partial charge in [-0.05, 0) is 34.1 Å². The van der Waals surface area contributed by atoms with Crippen LogP contribution in [-0.2, 0) is 0 Å². The minimum atomic E-state index is -1.02. The van der Waals surface area contributed by atoms with E-state index in [1.807, 2.05) is 0 Å². The predicted octanol–water partition coefficient (Wildman–Crippen LogP) is 3.23. The average molecular weight is 338 g/mol. The van der Waals surface area contributed by atoms with Crippen LogP contribution in [0, 0.1) is 0 Å². The van der Waals surface area contributed by atoms with Crippen molar-refractivity contribution in [2.24, 2.45) is 0 Å². The number of methoxy groups -OCH3 is 2. The molecule has 0 saturated heterocycles. The summed E-state index contributed by atoms with van der Waals surface area (Å²) in [5, 5.41) is 9.26. The average Bonchev–Trinajstić information content (AvgIpc) is 2.46. The molecule has 0 amide bonds. The number of hydrogen-bond acceptors (Lipinski definition) is 4. The number of pyridine rings is 1. The van der Waals surface area contributed by atoms with Gasteiger partial charge >= 0.3 is 5.97 Å². The van der Waals surface area contributed by atoms with Crippen LogP contribution in [0.25, 0.3) is 11.1 Å². The molecule has 0 bridgehead atoms. The summed E-state index contributed by atoms with van der Waals surface area (Å²) in [7, 11) is 3.06. The topological polar surface area (TPSA) is 68.7 Å². The van der Waals surface area contributed by atoms with E-state index in [4.69, 9.17) is 9.47 Å². The van der Waals surface area contributed by atoms with Gasteiger partial charge in [0, 0.05) is 23.5 Å². The van der Waals surface area contributed by atoms with E-state index in [9.17, 15) is 9.90 Å². The van der Waals surface area contributed by atoms with Gasteiger partial charge in [0.15, 0.2) is 0 Å². The first-order valence-corrected chi connectivity index (χ1v) is 6.47. The maximum absolute atomic E-state index is 11.3. The van der Waals surface area contributed by atoms with E-state index >= 15 is 0 Å². The normalized spacial score (nSPS) is 10.2. The predicted molar refractivity (Wildman–Crippen MR) is 77.4 cm³/mol. The highest BCUT2D eigenvalue weighted by Gasteiger charge is 2.19. The Hall–Kier alpha value is -2.08. The monoisotopic (exact) mass is 337 g/mol. The van der Waals surface area contributed by atoms with Crippen molar-refractivity contribution in [2.75, 3.05) is 14.2 Å². The molecule has 1 heterocycles. The van der Waals surface area contributed by atoms with Gasteiger partial charge in [0.1, 0.15) is 16.0 Å². The number of aromatic carboxylic acids is 1. The molecule has 0 fully saturated rings. The van der Waals surface area contributed by atoms with Gasteiger partial charge in [-0.3, -0.25) is 4.98 Å². The van der Waals surface area contributed by atoms with Crippen molar-refractivity contribution in [1.82, 2.24) is 4.98 Å². The minimum absolute atomic E-state index is 0.162. The first-order valence-electron chi connectivity index (χ1n) is 5.68. The Balaban J connectivity index is 2.71. The van der Waals surface area contributed by atoms with Crippen LogP contribution in [0.3, 0.4) is 0 Å². The van der Waals surface area contributed by atoms with Crippen LogP contribution in [0.15, 0.2) is 35.1 Å². The molecule has 0 saturated carbocycles. The number of ether oxygens (including phenoxy) is 2. The summed E-state index contributed by atoms with van der Waals surface area (Å²) in [6.07, 6.45) is 2.94. The maximum atomic E-state index is 11.3.